The molecule has 0 atom stereocenters. The molecule has 0 aromatic heterocycles. The van der Waals surface area contributed by atoms with Crippen molar-refractivity contribution in [3.05, 3.63) is 35.6 Å². The molecule has 1 aromatic rings. The average Bonchev–Trinajstić information content (AvgIpc) is 2.48. The molecule has 1 aromatic carbocycles. The smallest absolute Gasteiger partial charge is 0.227 e. The Bertz CT molecular complexity index is 468. The number of rotatable bonds is 5. The molecule has 1 fully saturated rings. The molecule has 3 nitrogen and oxygen atoms in total. The van der Waals surface area contributed by atoms with E-state index in [1.54, 1.807) is 18.2 Å². The SMILES string of the molecule is CC(C)CCN1CCN(C(=O)Cc2ccccc2F)CC1. The van der Waals surface area contributed by atoms with Crippen LogP contribution in [0.1, 0.15) is 25.8 Å². The molecule has 0 aliphatic carbocycles. The van der Waals surface area contributed by atoms with E-state index in [9.17, 15) is 9.18 Å². The Kier molecular flexibility index (Phi) is 5.74. The van der Waals surface area contributed by atoms with Gasteiger partial charge in [0.15, 0.2) is 0 Å². The van der Waals surface area contributed by atoms with Crippen LogP contribution in [0.4, 0.5) is 4.39 Å². The number of hydrogen-bond acceptors (Lipinski definition) is 2. The number of hydrogen-bond donors (Lipinski definition) is 0. The van der Waals surface area contributed by atoms with E-state index >= 15 is 0 Å². The first-order chi connectivity index (χ1) is 10.1. The first-order valence-electron chi connectivity index (χ1n) is 7.80. The largest absolute Gasteiger partial charge is 0.340 e. The van der Waals surface area contributed by atoms with Crippen LogP contribution in [-0.4, -0.2) is 48.4 Å². The highest BCUT2D eigenvalue weighted by molar-refractivity contribution is 5.78. The monoisotopic (exact) mass is 292 g/mol. The predicted molar refractivity (Wildman–Crippen MR) is 82.6 cm³/mol. The maximum absolute atomic E-state index is 13.6. The summed E-state index contributed by atoms with van der Waals surface area (Å²) >= 11 is 0. The van der Waals surface area contributed by atoms with E-state index < -0.39 is 0 Å². The van der Waals surface area contributed by atoms with Gasteiger partial charge in [-0.25, -0.2) is 4.39 Å². The second-order valence-electron chi connectivity index (χ2n) is 6.17. The van der Waals surface area contributed by atoms with Gasteiger partial charge in [-0.15, -0.1) is 0 Å². The Morgan fingerprint density at radius 3 is 2.48 bits per heavy atom. The molecule has 0 spiro atoms. The van der Waals surface area contributed by atoms with Gasteiger partial charge in [0.25, 0.3) is 0 Å². The molecule has 116 valence electrons. The van der Waals surface area contributed by atoms with E-state index in [4.69, 9.17) is 0 Å². The highest BCUT2D eigenvalue weighted by Crippen LogP contribution is 2.11. The topological polar surface area (TPSA) is 23.6 Å². The summed E-state index contributed by atoms with van der Waals surface area (Å²) in [6.45, 7) is 8.93. The van der Waals surface area contributed by atoms with Gasteiger partial charge in [-0.3, -0.25) is 9.69 Å². The Morgan fingerprint density at radius 2 is 1.86 bits per heavy atom. The number of carbonyl (C=O) groups excluding carboxylic acids is 1. The predicted octanol–water partition coefficient (Wildman–Crippen LogP) is 2.56. The molecule has 1 aliphatic heterocycles. The van der Waals surface area contributed by atoms with Gasteiger partial charge in [-0.1, -0.05) is 32.0 Å². The zero-order valence-corrected chi connectivity index (χ0v) is 13.0. The first-order valence-corrected chi connectivity index (χ1v) is 7.80. The van der Waals surface area contributed by atoms with Crippen LogP contribution in [0, 0.1) is 11.7 Å². The van der Waals surface area contributed by atoms with Crippen molar-refractivity contribution in [1.82, 2.24) is 9.80 Å². The fraction of sp³-hybridized carbons (Fsp3) is 0.588. The van der Waals surface area contributed by atoms with Gasteiger partial charge < -0.3 is 4.90 Å². The molecule has 1 heterocycles. The van der Waals surface area contributed by atoms with Crippen molar-refractivity contribution < 1.29 is 9.18 Å². The Balaban J connectivity index is 1.79. The van der Waals surface area contributed by atoms with Crippen LogP contribution < -0.4 is 0 Å². The summed E-state index contributed by atoms with van der Waals surface area (Å²) in [5, 5.41) is 0. The van der Waals surface area contributed by atoms with Gasteiger partial charge in [0.1, 0.15) is 5.82 Å². The highest BCUT2D eigenvalue weighted by atomic mass is 19.1. The summed E-state index contributed by atoms with van der Waals surface area (Å²) in [5.41, 5.74) is 0.490. The third-order valence-electron chi connectivity index (χ3n) is 4.05. The van der Waals surface area contributed by atoms with Gasteiger partial charge in [0.05, 0.1) is 6.42 Å². The third-order valence-corrected chi connectivity index (χ3v) is 4.05. The number of carbonyl (C=O) groups is 1. The molecule has 0 bridgehead atoms. The lowest BCUT2D eigenvalue weighted by Crippen LogP contribution is -2.49. The van der Waals surface area contributed by atoms with E-state index in [0.29, 0.717) is 11.5 Å². The summed E-state index contributed by atoms with van der Waals surface area (Å²) in [6, 6.07) is 6.52. The second-order valence-corrected chi connectivity index (χ2v) is 6.17. The van der Waals surface area contributed by atoms with Crippen LogP contribution in [-0.2, 0) is 11.2 Å². The standard InChI is InChI=1S/C17H25FN2O/c1-14(2)7-8-19-9-11-20(12-10-19)17(21)13-15-5-3-4-6-16(15)18/h3-6,14H,7-13H2,1-2H3. The zero-order valence-electron chi connectivity index (χ0n) is 13.0. The Labute approximate surface area is 126 Å². The van der Waals surface area contributed by atoms with Gasteiger partial charge >= 0.3 is 0 Å². The van der Waals surface area contributed by atoms with E-state index in [1.807, 2.05) is 4.90 Å². The van der Waals surface area contributed by atoms with Crippen LogP contribution in [0.15, 0.2) is 24.3 Å². The number of halogens is 1. The van der Waals surface area contributed by atoms with Gasteiger partial charge in [0.2, 0.25) is 5.91 Å². The van der Waals surface area contributed by atoms with Crippen molar-refractivity contribution >= 4 is 5.91 Å². The highest BCUT2D eigenvalue weighted by Gasteiger charge is 2.21. The molecule has 0 saturated carbocycles. The molecular weight excluding hydrogens is 267 g/mol. The number of nitrogens with zero attached hydrogens (tertiary/aromatic N) is 2. The van der Waals surface area contributed by atoms with Crippen LogP contribution in [0.25, 0.3) is 0 Å². The van der Waals surface area contributed by atoms with Crippen LogP contribution >= 0.6 is 0 Å². The van der Waals surface area contributed by atoms with E-state index in [1.165, 1.54) is 12.5 Å². The van der Waals surface area contributed by atoms with E-state index in [0.717, 1.165) is 32.7 Å². The molecule has 1 aliphatic rings. The minimum absolute atomic E-state index is 0.0311. The lowest BCUT2D eigenvalue weighted by molar-refractivity contribution is -0.132. The minimum Gasteiger partial charge on any atom is -0.340 e. The van der Waals surface area contributed by atoms with Gasteiger partial charge in [-0.05, 0) is 30.5 Å². The summed E-state index contributed by atoms with van der Waals surface area (Å²) in [7, 11) is 0. The molecule has 0 radical (unpaired) electrons. The lowest BCUT2D eigenvalue weighted by Gasteiger charge is -2.35. The normalized spacial score (nSPS) is 16.5. The molecule has 0 unspecified atom stereocenters. The van der Waals surface area contributed by atoms with Gasteiger partial charge in [-0.2, -0.15) is 0 Å². The van der Waals surface area contributed by atoms with Crippen molar-refractivity contribution in [3.8, 4) is 0 Å². The molecular formula is C17H25FN2O. The third kappa shape index (κ3) is 4.81. The number of amides is 1. The molecule has 4 heteroatoms. The molecule has 21 heavy (non-hydrogen) atoms. The maximum atomic E-state index is 13.6. The van der Waals surface area contributed by atoms with E-state index in [2.05, 4.69) is 18.7 Å². The summed E-state index contributed by atoms with van der Waals surface area (Å²) in [4.78, 5) is 16.5. The maximum Gasteiger partial charge on any atom is 0.227 e. The first kappa shape index (κ1) is 16.0. The van der Waals surface area contributed by atoms with E-state index in [-0.39, 0.29) is 18.1 Å². The van der Waals surface area contributed by atoms with Crippen molar-refractivity contribution in [3.63, 3.8) is 0 Å². The fourth-order valence-electron chi connectivity index (χ4n) is 2.58. The van der Waals surface area contributed by atoms with Crippen molar-refractivity contribution in [2.75, 3.05) is 32.7 Å². The lowest BCUT2D eigenvalue weighted by atomic mass is 10.1. The quantitative estimate of drug-likeness (QED) is 0.833. The number of piperazine rings is 1. The zero-order chi connectivity index (χ0) is 15.2. The second kappa shape index (κ2) is 7.55. The molecule has 2 rings (SSSR count). The van der Waals surface area contributed by atoms with Crippen molar-refractivity contribution in [1.29, 1.82) is 0 Å². The summed E-state index contributed by atoms with van der Waals surface area (Å²) in [5.74, 6) is 0.454. The van der Waals surface area contributed by atoms with Crippen LogP contribution in [0.5, 0.6) is 0 Å². The van der Waals surface area contributed by atoms with Crippen LogP contribution in [0.2, 0.25) is 0 Å². The number of benzene rings is 1. The summed E-state index contributed by atoms with van der Waals surface area (Å²) in [6.07, 6.45) is 1.36. The Hall–Kier alpha value is -1.42. The molecule has 0 N–H and O–H groups in total. The van der Waals surface area contributed by atoms with Gasteiger partial charge in [0, 0.05) is 26.2 Å². The summed E-state index contributed by atoms with van der Waals surface area (Å²) < 4.78 is 13.6. The van der Waals surface area contributed by atoms with Crippen molar-refractivity contribution in [2.24, 2.45) is 5.92 Å². The minimum atomic E-state index is -0.290. The Morgan fingerprint density at radius 1 is 1.19 bits per heavy atom. The fourth-order valence-corrected chi connectivity index (χ4v) is 2.58. The van der Waals surface area contributed by atoms with Crippen molar-refractivity contribution in [2.45, 2.75) is 26.7 Å². The average molecular weight is 292 g/mol. The van der Waals surface area contributed by atoms with Crippen LogP contribution in [0.3, 0.4) is 0 Å². The molecule has 1 amide bonds. The molecule has 1 saturated heterocycles.